The van der Waals surface area contributed by atoms with Crippen LogP contribution >= 0.6 is 0 Å². The van der Waals surface area contributed by atoms with Crippen LogP contribution in [0.15, 0.2) is 21.8 Å². The van der Waals surface area contributed by atoms with E-state index in [1.165, 1.54) is 13.2 Å². The van der Waals surface area contributed by atoms with Crippen molar-refractivity contribution in [2.75, 3.05) is 13.7 Å². The highest BCUT2D eigenvalue weighted by Gasteiger charge is 1.92. The van der Waals surface area contributed by atoms with Crippen LogP contribution in [0.5, 0.6) is 0 Å². The van der Waals surface area contributed by atoms with E-state index in [4.69, 9.17) is 0 Å². The second kappa shape index (κ2) is 6.31. The second-order valence-corrected chi connectivity index (χ2v) is 2.00. The number of carbonyl (C=O) groups excluding carboxylic acids is 1. The van der Waals surface area contributed by atoms with Gasteiger partial charge in [0.05, 0.1) is 18.8 Å². The van der Waals surface area contributed by atoms with Crippen LogP contribution in [0, 0.1) is 0 Å². The summed E-state index contributed by atoms with van der Waals surface area (Å²) in [5.41, 5.74) is 0.527. The highest BCUT2D eigenvalue weighted by molar-refractivity contribution is 5.82. The zero-order chi connectivity index (χ0) is 9.40. The fraction of sp³-hybridized carbons (Fsp3) is 0.500. The third-order valence-corrected chi connectivity index (χ3v) is 0.983. The molecule has 0 aromatic carbocycles. The molecule has 0 heterocycles. The van der Waals surface area contributed by atoms with E-state index >= 15 is 0 Å². The van der Waals surface area contributed by atoms with Crippen LogP contribution in [0.25, 0.3) is 0 Å². The van der Waals surface area contributed by atoms with Crippen molar-refractivity contribution in [1.82, 2.24) is 0 Å². The Kier molecular flexibility index (Phi) is 5.57. The first-order chi connectivity index (χ1) is 5.70. The molecular formula is C8H12N2O2. The van der Waals surface area contributed by atoms with Crippen molar-refractivity contribution in [3.63, 3.8) is 0 Å². The van der Waals surface area contributed by atoms with Crippen molar-refractivity contribution in [1.29, 1.82) is 0 Å². The Morgan fingerprint density at radius 3 is 2.83 bits per heavy atom. The topological polar surface area (TPSA) is 51.0 Å². The lowest BCUT2D eigenvalue weighted by Crippen LogP contribution is -1.94. The minimum atomic E-state index is -0.422. The molecule has 0 aliphatic carbocycles. The molecule has 0 aliphatic rings. The fourth-order valence-electron chi connectivity index (χ4n) is 0.447. The van der Waals surface area contributed by atoms with E-state index in [1.54, 1.807) is 6.92 Å². The average molecular weight is 168 g/mol. The second-order valence-electron chi connectivity index (χ2n) is 2.00. The number of hydrogen-bond donors (Lipinski definition) is 0. The smallest absolute Gasteiger partial charge is 0.332 e. The molecule has 0 bridgehead atoms. The van der Waals surface area contributed by atoms with Gasteiger partial charge in [-0.3, -0.25) is 0 Å². The van der Waals surface area contributed by atoms with Gasteiger partial charge in [0.15, 0.2) is 0 Å². The van der Waals surface area contributed by atoms with Crippen LogP contribution in [-0.4, -0.2) is 25.6 Å². The van der Waals surface area contributed by atoms with Crippen molar-refractivity contribution in [3.05, 3.63) is 11.8 Å². The summed E-state index contributed by atoms with van der Waals surface area (Å²) in [6, 6.07) is 2.44. The number of nitrogens with zero attached hydrogens (tertiary/aromatic N) is 2. The third-order valence-electron chi connectivity index (χ3n) is 0.983. The van der Waals surface area contributed by atoms with Crippen molar-refractivity contribution in [2.45, 2.75) is 13.8 Å². The van der Waals surface area contributed by atoms with Gasteiger partial charge in [0, 0.05) is 12.6 Å². The SMILES string of the molecule is CCN=C=N/C(C)=C/C(=O)OC. The molecule has 0 unspecified atom stereocenters. The first-order valence-electron chi connectivity index (χ1n) is 3.59. The highest BCUT2D eigenvalue weighted by atomic mass is 16.5. The largest absolute Gasteiger partial charge is 0.466 e. The predicted molar refractivity (Wildman–Crippen MR) is 46.2 cm³/mol. The average Bonchev–Trinajstić information content (AvgIpc) is 2.05. The fourth-order valence-corrected chi connectivity index (χ4v) is 0.447. The van der Waals surface area contributed by atoms with Crippen LogP contribution in [-0.2, 0) is 9.53 Å². The Morgan fingerprint density at radius 1 is 1.67 bits per heavy atom. The van der Waals surface area contributed by atoms with Gasteiger partial charge < -0.3 is 4.74 Å². The molecule has 0 rings (SSSR count). The first kappa shape index (κ1) is 10.6. The maximum absolute atomic E-state index is 10.6. The molecule has 0 spiro atoms. The van der Waals surface area contributed by atoms with Crippen molar-refractivity contribution in [2.24, 2.45) is 9.98 Å². The summed E-state index contributed by atoms with van der Waals surface area (Å²) in [6.07, 6.45) is 1.28. The first-order valence-corrected chi connectivity index (χ1v) is 3.59. The van der Waals surface area contributed by atoms with Gasteiger partial charge in [-0.05, 0) is 13.8 Å². The molecule has 0 radical (unpaired) electrons. The molecule has 0 amide bonds. The maximum Gasteiger partial charge on any atom is 0.332 e. The normalized spacial score (nSPS) is 10.1. The Balaban J connectivity index is 4.20. The molecule has 0 saturated carbocycles. The highest BCUT2D eigenvalue weighted by Crippen LogP contribution is 1.92. The molecule has 0 atom stereocenters. The number of hydrogen-bond acceptors (Lipinski definition) is 4. The summed E-state index contributed by atoms with van der Waals surface area (Å²) >= 11 is 0. The van der Waals surface area contributed by atoms with Gasteiger partial charge in [-0.25, -0.2) is 9.79 Å². The zero-order valence-corrected chi connectivity index (χ0v) is 7.50. The van der Waals surface area contributed by atoms with E-state index in [1.807, 2.05) is 6.92 Å². The summed E-state index contributed by atoms with van der Waals surface area (Å²) in [5.74, 6) is -0.422. The lowest BCUT2D eigenvalue weighted by Gasteiger charge is -1.89. The van der Waals surface area contributed by atoms with Crippen LogP contribution in [0.1, 0.15) is 13.8 Å². The molecule has 4 nitrogen and oxygen atoms in total. The van der Waals surface area contributed by atoms with E-state index in [0.717, 1.165) is 0 Å². The van der Waals surface area contributed by atoms with Gasteiger partial charge in [0.25, 0.3) is 0 Å². The van der Waals surface area contributed by atoms with E-state index in [0.29, 0.717) is 12.2 Å². The maximum atomic E-state index is 10.6. The summed E-state index contributed by atoms with van der Waals surface area (Å²) in [5, 5.41) is 0. The molecule has 0 aromatic rings. The molecule has 66 valence electrons. The molecule has 12 heavy (non-hydrogen) atoms. The number of ether oxygens (including phenoxy) is 1. The standard InChI is InChI=1S/C8H12N2O2/c1-4-9-6-10-7(2)5-8(11)12-3/h5H,4H2,1-3H3/b7-5+. The number of allylic oxidation sites excluding steroid dienone is 1. The Morgan fingerprint density at radius 2 is 2.33 bits per heavy atom. The van der Waals surface area contributed by atoms with Gasteiger partial charge in [-0.2, -0.15) is 4.99 Å². The lowest BCUT2D eigenvalue weighted by molar-refractivity contribution is -0.134. The van der Waals surface area contributed by atoms with E-state index in [9.17, 15) is 4.79 Å². The monoisotopic (exact) mass is 168 g/mol. The predicted octanol–water partition coefficient (Wildman–Crippen LogP) is 1.26. The van der Waals surface area contributed by atoms with Crippen LogP contribution in [0.4, 0.5) is 0 Å². The van der Waals surface area contributed by atoms with Gasteiger partial charge >= 0.3 is 5.97 Å². The molecule has 4 heteroatoms. The van der Waals surface area contributed by atoms with Gasteiger partial charge in [-0.15, -0.1) is 0 Å². The number of aliphatic imine (C=N–C) groups is 2. The van der Waals surface area contributed by atoms with Crippen molar-refractivity contribution in [3.8, 4) is 0 Å². The van der Waals surface area contributed by atoms with E-state index in [-0.39, 0.29) is 0 Å². The van der Waals surface area contributed by atoms with Crippen LogP contribution < -0.4 is 0 Å². The van der Waals surface area contributed by atoms with Crippen LogP contribution in [0.3, 0.4) is 0 Å². The van der Waals surface area contributed by atoms with E-state index < -0.39 is 5.97 Å². The molecule has 0 fully saturated rings. The van der Waals surface area contributed by atoms with Crippen molar-refractivity contribution < 1.29 is 9.53 Å². The minimum absolute atomic E-state index is 0.422. The number of rotatable bonds is 3. The molecule has 0 N–H and O–H groups in total. The number of esters is 1. The van der Waals surface area contributed by atoms with E-state index in [2.05, 4.69) is 20.7 Å². The third kappa shape index (κ3) is 5.38. The minimum Gasteiger partial charge on any atom is -0.466 e. The van der Waals surface area contributed by atoms with Gasteiger partial charge in [0.2, 0.25) is 0 Å². The Bertz CT molecular complexity index is 237. The molecule has 0 saturated heterocycles. The van der Waals surface area contributed by atoms with Gasteiger partial charge in [0.1, 0.15) is 0 Å². The molecular weight excluding hydrogens is 156 g/mol. The number of methoxy groups -OCH3 is 1. The lowest BCUT2D eigenvalue weighted by atomic mass is 10.4. The number of carbonyl (C=O) groups is 1. The molecule has 0 aliphatic heterocycles. The summed E-state index contributed by atoms with van der Waals surface area (Å²) in [4.78, 5) is 18.1. The summed E-state index contributed by atoms with van der Waals surface area (Å²) < 4.78 is 4.39. The zero-order valence-electron chi connectivity index (χ0n) is 7.50. The summed E-state index contributed by atoms with van der Waals surface area (Å²) in [6.45, 7) is 4.19. The Hall–Kier alpha value is -1.41. The Labute approximate surface area is 71.7 Å². The van der Waals surface area contributed by atoms with Crippen LogP contribution in [0.2, 0.25) is 0 Å². The molecule has 0 aromatic heterocycles. The summed E-state index contributed by atoms with van der Waals surface area (Å²) in [7, 11) is 1.32. The van der Waals surface area contributed by atoms with Crippen molar-refractivity contribution >= 4 is 12.0 Å². The quantitative estimate of drug-likeness (QED) is 0.362. The van der Waals surface area contributed by atoms with Gasteiger partial charge in [-0.1, -0.05) is 0 Å².